The summed E-state index contributed by atoms with van der Waals surface area (Å²) >= 11 is 23.3. The Morgan fingerprint density at radius 2 is 1.53 bits per heavy atom. The first-order valence-electron chi connectivity index (χ1n) is 4.14. The molecule has 0 amide bonds. The average Bonchev–Trinajstić information content (AvgIpc) is 2.29. The Balaban J connectivity index is 3.31. The zero-order valence-electron chi connectivity index (χ0n) is 8.39. The van der Waals surface area contributed by atoms with E-state index >= 15 is 0 Å². The molecule has 0 unspecified atom stereocenters. The van der Waals surface area contributed by atoms with E-state index in [1.165, 1.54) is 7.11 Å². The van der Waals surface area contributed by atoms with Crippen molar-refractivity contribution in [3.05, 3.63) is 20.1 Å². The second kappa shape index (κ2) is 5.87. The van der Waals surface area contributed by atoms with E-state index in [-0.39, 0.29) is 31.6 Å². The highest BCUT2D eigenvalue weighted by molar-refractivity contribution is 6.53. The maximum Gasteiger partial charge on any atom is 0.341 e. The van der Waals surface area contributed by atoms with Gasteiger partial charge in [-0.1, -0.05) is 46.4 Å². The summed E-state index contributed by atoms with van der Waals surface area (Å²) in [6.45, 7) is -0.607. The number of carboxylic acids is 1. The van der Waals surface area contributed by atoms with Crippen LogP contribution in [0.25, 0.3) is 0 Å². The second-order valence-corrected chi connectivity index (χ2v) is 4.31. The van der Waals surface area contributed by atoms with Crippen molar-refractivity contribution >= 4 is 52.4 Å². The lowest BCUT2D eigenvalue weighted by Crippen LogP contribution is -2.10. The molecular weight excluding hydrogens is 314 g/mol. The number of hydrogen-bond donors (Lipinski definition) is 1. The van der Waals surface area contributed by atoms with Gasteiger partial charge < -0.3 is 14.6 Å². The minimum atomic E-state index is -1.18. The lowest BCUT2D eigenvalue weighted by Gasteiger charge is -2.14. The Bertz CT molecular complexity index is 461. The standard InChI is InChI=1S/C9H6Cl4O4/c1-16-8-6(12)4(10)5(11)7(13)9(8)17-2-3(14)15/h2H2,1H3,(H,14,15). The van der Waals surface area contributed by atoms with Crippen molar-refractivity contribution in [3.8, 4) is 11.5 Å². The van der Waals surface area contributed by atoms with Crippen molar-refractivity contribution in [2.45, 2.75) is 0 Å². The summed E-state index contributed by atoms with van der Waals surface area (Å²) in [5.41, 5.74) is 0. The third-order valence-electron chi connectivity index (χ3n) is 1.73. The quantitative estimate of drug-likeness (QED) is 0.678. The van der Waals surface area contributed by atoms with Crippen molar-refractivity contribution in [2.75, 3.05) is 13.7 Å². The topological polar surface area (TPSA) is 55.8 Å². The summed E-state index contributed by atoms with van der Waals surface area (Å²) in [6, 6.07) is 0. The highest BCUT2D eigenvalue weighted by atomic mass is 35.5. The van der Waals surface area contributed by atoms with Crippen LogP contribution in [0.4, 0.5) is 0 Å². The van der Waals surface area contributed by atoms with E-state index in [1.54, 1.807) is 0 Å². The zero-order valence-corrected chi connectivity index (χ0v) is 11.4. The Morgan fingerprint density at radius 3 is 1.94 bits per heavy atom. The van der Waals surface area contributed by atoms with Gasteiger partial charge in [0.1, 0.15) is 10.0 Å². The molecule has 0 bridgehead atoms. The summed E-state index contributed by atoms with van der Waals surface area (Å²) in [4.78, 5) is 10.4. The normalized spacial score (nSPS) is 10.2. The molecule has 17 heavy (non-hydrogen) atoms. The van der Waals surface area contributed by atoms with E-state index in [4.69, 9.17) is 61.0 Å². The molecule has 1 rings (SSSR count). The van der Waals surface area contributed by atoms with Crippen LogP contribution in [0, 0.1) is 0 Å². The lowest BCUT2D eigenvalue weighted by atomic mass is 10.3. The van der Waals surface area contributed by atoms with Crippen LogP contribution in [0.15, 0.2) is 0 Å². The van der Waals surface area contributed by atoms with Gasteiger partial charge in [0.25, 0.3) is 0 Å². The van der Waals surface area contributed by atoms with Gasteiger partial charge in [0, 0.05) is 0 Å². The lowest BCUT2D eigenvalue weighted by molar-refractivity contribution is -0.139. The maximum absolute atomic E-state index is 10.4. The van der Waals surface area contributed by atoms with Gasteiger partial charge in [-0.25, -0.2) is 4.79 Å². The van der Waals surface area contributed by atoms with Crippen LogP contribution in [-0.2, 0) is 4.79 Å². The number of methoxy groups -OCH3 is 1. The molecule has 1 N–H and O–H groups in total. The molecule has 0 aliphatic rings. The summed E-state index contributed by atoms with van der Waals surface area (Å²) in [5.74, 6) is -1.20. The molecule has 1 aromatic carbocycles. The number of halogens is 4. The molecule has 0 spiro atoms. The molecule has 0 heterocycles. The Labute approximate surface area is 117 Å². The maximum atomic E-state index is 10.4. The monoisotopic (exact) mass is 318 g/mol. The molecule has 1 aromatic rings. The SMILES string of the molecule is COc1c(Cl)c(Cl)c(Cl)c(Cl)c1OCC(=O)O. The van der Waals surface area contributed by atoms with Crippen molar-refractivity contribution in [2.24, 2.45) is 0 Å². The fourth-order valence-corrected chi connectivity index (χ4v) is 1.99. The Morgan fingerprint density at radius 1 is 1.06 bits per heavy atom. The van der Waals surface area contributed by atoms with E-state index in [0.717, 1.165) is 0 Å². The second-order valence-electron chi connectivity index (χ2n) is 2.80. The molecule has 0 radical (unpaired) electrons. The van der Waals surface area contributed by atoms with E-state index in [1.807, 2.05) is 0 Å². The van der Waals surface area contributed by atoms with E-state index < -0.39 is 12.6 Å². The van der Waals surface area contributed by atoms with Gasteiger partial charge in [-0.2, -0.15) is 0 Å². The zero-order chi connectivity index (χ0) is 13.2. The molecule has 0 aliphatic heterocycles. The van der Waals surface area contributed by atoms with Gasteiger partial charge in [0.05, 0.1) is 17.2 Å². The number of carboxylic acid groups (broad SMARTS) is 1. The van der Waals surface area contributed by atoms with Crippen LogP contribution in [-0.4, -0.2) is 24.8 Å². The molecule has 8 heteroatoms. The minimum Gasteiger partial charge on any atom is -0.491 e. The van der Waals surface area contributed by atoms with Crippen LogP contribution in [0.3, 0.4) is 0 Å². The van der Waals surface area contributed by atoms with Crippen LogP contribution < -0.4 is 9.47 Å². The average molecular weight is 320 g/mol. The van der Waals surface area contributed by atoms with Crippen LogP contribution in [0.5, 0.6) is 11.5 Å². The number of benzene rings is 1. The molecule has 0 aliphatic carbocycles. The summed E-state index contributed by atoms with van der Waals surface area (Å²) in [6.07, 6.45) is 0. The molecule has 4 nitrogen and oxygen atoms in total. The van der Waals surface area contributed by atoms with Crippen molar-refractivity contribution in [1.82, 2.24) is 0 Å². The molecule has 0 fully saturated rings. The van der Waals surface area contributed by atoms with E-state index in [2.05, 4.69) is 0 Å². The largest absolute Gasteiger partial charge is 0.491 e. The predicted molar refractivity (Wildman–Crippen MR) is 66.2 cm³/mol. The Hall–Kier alpha value is -0.550. The van der Waals surface area contributed by atoms with Crippen LogP contribution in [0.2, 0.25) is 20.1 Å². The smallest absolute Gasteiger partial charge is 0.341 e. The molecule has 0 atom stereocenters. The van der Waals surface area contributed by atoms with E-state index in [0.29, 0.717) is 0 Å². The van der Waals surface area contributed by atoms with Crippen molar-refractivity contribution in [1.29, 1.82) is 0 Å². The minimum absolute atomic E-state index is 0.00366. The van der Waals surface area contributed by atoms with Crippen LogP contribution >= 0.6 is 46.4 Å². The highest BCUT2D eigenvalue weighted by Gasteiger charge is 2.22. The summed E-state index contributed by atoms with van der Waals surface area (Å²) in [7, 11) is 1.31. The van der Waals surface area contributed by atoms with Crippen molar-refractivity contribution in [3.63, 3.8) is 0 Å². The van der Waals surface area contributed by atoms with Gasteiger partial charge in [-0.05, 0) is 0 Å². The highest BCUT2D eigenvalue weighted by Crippen LogP contribution is 2.50. The fourth-order valence-electron chi connectivity index (χ4n) is 1.04. The van der Waals surface area contributed by atoms with E-state index in [9.17, 15) is 4.79 Å². The molecule has 0 aromatic heterocycles. The number of hydrogen-bond acceptors (Lipinski definition) is 3. The first-order valence-corrected chi connectivity index (χ1v) is 5.65. The third-order valence-corrected chi connectivity index (χ3v) is 3.49. The number of ether oxygens (including phenoxy) is 2. The molecule has 0 saturated heterocycles. The summed E-state index contributed by atoms with van der Waals surface area (Å²) < 4.78 is 9.90. The van der Waals surface area contributed by atoms with Crippen molar-refractivity contribution < 1.29 is 19.4 Å². The van der Waals surface area contributed by atoms with Gasteiger partial charge in [0.2, 0.25) is 0 Å². The molecular formula is C9H6Cl4O4. The van der Waals surface area contributed by atoms with Gasteiger partial charge in [-0.15, -0.1) is 0 Å². The summed E-state index contributed by atoms with van der Waals surface area (Å²) in [5, 5.41) is 8.45. The van der Waals surface area contributed by atoms with Gasteiger partial charge >= 0.3 is 5.97 Å². The first kappa shape index (κ1) is 14.5. The third kappa shape index (κ3) is 3.01. The van der Waals surface area contributed by atoms with Crippen LogP contribution in [0.1, 0.15) is 0 Å². The number of carbonyl (C=O) groups is 1. The van der Waals surface area contributed by atoms with Gasteiger partial charge in [0.15, 0.2) is 18.1 Å². The molecule has 0 saturated carbocycles. The fraction of sp³-hybridized carbons (Fsp3) is 0.222. The molecule has 94 valence electrons. The first-order chi connectivity index (χ1) is 7.90. The number of aliphatic carboxylic acids is 1. The van der Waals surface area contributed by atoms with Gasteiger partial charge in [-0.3, -0.25) is 0 Å². The Kier molecular flexibility index (Phi) is 5.01. The predicted octanol–water partition coefficient (Wildman–Crippen LogP) is 3.77. The number of rotatable bonds is 4.